The van der Waals surface area contributed by atoms with Crippen molar-refractivity contribution in [2.45, 2.75) is 56.3 Å². The first kappa shape index (κ1) is 31.9. The van der Waals surface area contributed by atoms with Crippen LogP contribution in [0.5, 0.6) is 0 Å². The molecule has 0 saturated heterocycles. The number of thioether (sulfide) groups is 1. The number of nitrogens with zero attached hydrogens (tertiary/aromatic N) is 1. The third-order valence-electron chi connectivity index (χ3n) is 4.65. The number of nitrogens with one attached hydrogen (secondary N) is 3. The lowest BCUT2D eigenvalue weighted by Gasteiger charge is -2.25. The zero-order valence-electron chi connectivity index (χ0n) is 19.6. The second-order valence-corrected chi connectivity index (χ2v) is 8.53. The zero-order chi connectivity index (χ0) is 27.0. The maximum atomic E-state index is 12.9. The Morgan fingerprint density at radius 1 is 0.886 bits per heavy atom. The third kappa shape index (κ3) is 14.0. The van der Waals surface area contributed by atoms with E-state index in [2.05, 4.69) is 20.9 Å². The molecule has 0 rings (SSSR count). The summed E-state index contributed by atoms with van der Waals surface area (Å²) in [6, 6.07) is -4.95. The molecule has 0 aromatic heterocycles. The van der Waals surface area contributed by atoms with E-state index >= 15 is 0 Å². The van der Waals surface area contributed by atoms with E-state index in [1.54, 1.807) is 6.26 Å². The number of carbonyl (C=O) groups is 5. The van der Waals surface area contributed by atoms with Gasteiger partial charge < -0.3 is 49.1 Å². The molecule has 0 aliphatic rings. The molecule has 0 radical (unpaired) electrons. The molecular weight excluding hydrogens is 484 g/mol. The van der Waals surface area contributed by atoms with Crippen LogP contribution >= 0.6 is 11.8 Å². The Morgan fingerprint density at radius 2 is 1.43 bits per heavy atom. The van der Waals surface area contributed by atoms with Crippen LogP contribution in [-0.2, 0) is 24.0 Å². The van der Waals surface area contributed by atoms with E-state index in [0.717, 1.165) is 0 Å². The molecule has 4 unspecified atom stereocenters. The van der Waals surface area contributed by atoms with Crippen molar-refractivity contribution in [3.8, 4) is 0 Å². The topological polar surface area (TPSA) is 278 Å². The Bertz CT molecular complexity index is 763. The standard InChI is InChI=1S/C19H36N8O7S/c1-35-8-6-12(17(32)27-13(18(33)34)3-2-7-24-19(22)23)26-16(31)11(4-5-14(21)29)25-15(30)10(20)9-28/h10-13,28H,2-9,20H2,1H3,(H2,21,29)(H,25,30)(H,26,31)(H,27,32)(H,33,34)(H4,22,23,24). The first-order chi connectivity index (χ1) is 16.4. The monoisotopic (exact) mass is 520 g/mol. The Labute approximate surface area is 207 Å². The van der Waals surface area contributed by atoms with E-state index in [1.165, 1.54) is 11.8 Å². The average molecular weight is 521 g/mol. The van der Waals surface area contributed by atoms with Gasteiger partial charge in [0.15, 0.2) is 5.96 Å². The summed E-state index contributed by atoms with van der Waals surface area (Å²) in [5.41, 5.74) is 21.0. The number of hydrogen-bond acceptors (Lipinski definition) is 9. The average Bonchev–Trinajstić information content (AvgIpc) is 2.79. The van der Waals surface area contributed by atoms with Crippen LogP contribution < -0.4 is 38.9 Å². The molecule has 0 bridgehead atoms. The number of aliphatic hydroxyl groups excluding tert-OH is 1. The first-order valence-corrected chi connectivity index (χ1v) is 12.1. The van der Waals surface area contributed by atoms with Crippen molar-refractivity contribution < 1.29 is 34.2 Å². The Balaban J connectivity index is 5.42. The van der Waals surface area contributed by atoms with Crippen LogP contribution in [0.25, 0.3) is 0 Å². The van der Waals surface area contributed by atoms with Crippen molar-refractivity contribution in [1.82, 2.24) is 16.0 Å². The van der Waals surface area contributed by atoms with Crippen molar-refractivity contribution in [3.63, 3.8) is 0 Å². The SMILES string of the molecule is CSCCC(NC(=O)C(CCC(N)=O)NC(=O)C(N)CO)C(=O)NC(CCCN=C(N)N)C(=O)O. The number of aliphatic carboxylic acids is 1. The van der Waals surface area contributed by atoms with Gasteiger partial charge in [-0.25, -0.2) is 4.79 Å². The van der Waals surface area contributed by atoms with Crippen LogP contribution in [0.15, 0.2) is 4.99 Å². The molecule has 0 spiro atoms. The number of carboxylic acids is 1. The Kier molecular flexibility index (Phi) is 15.8. The molecule has 4 atom stereocenters. The lowest BCUT2D eigenvalue weighted by Crippen LogP contribution is -2.57. The smallest absolute Gasteiger partial charge is 0.326 e. The van der Waals surface area contributed by atoms with E-state index < -0.39 is 60.4 Å². The number of primary amides is 1. The van der Waals surface area contributed by atoms with Gasteiger partial charge in [-0.1, -0.05) is 0 Å². The molecular formula is C19H36N8O7S. The van der Waals surface area contributed by atoms with Gasteiger partial charge in [-0.05, 0) is 37.7 Å². The van der Waals surface area contributed by atoms with E-state index in [-0.39, 0.29) is 44.6 Å². The van der Waals surface area contributed by atoms with E-state index in [1.807, 2.05) is 0 Å². The highest BCUT2D eigenvalue weighted by Gasteiger charge is 2.30. The largest absolute Gasteiger partial charge is 0.480 e. The van der Waals surface area contributed by atoms with Gasteiger partial charge in [0.05, 0.1) is 6.61 Å². The number of aliphatic hydroxyl groups is 1. The summed E-state index contributed by atoms with van der Waals surface area (Å²) < 4.78 is 0. The van der Waals surface area contributed by atoms with Crippen molar-refractivity contribution >= 4 is 47.3 Å². The van der Waals surface area contributed by atoms with E-state index in [0.29, 0.717) is 5.75 Å². The number of carbonyl (C=O) groups excluding carboxylic acids is 4. The number of hydrogen-bond donors (Lipinski definition) is 9. The van der Waals surface area contributed by atoms with Gasteiger partial charge in [0.25, 0.3) is 0 Å². The molecule has 15 nitrogen and oxygen atoms in total. The van der Waals surface area contributed by atoms with Gasteiger partial charge in [0, 0.05) is 13.0 Å². The predicted molar refractivity (Wildman–Crippen MR) is 130 cm³/mol. The summed E-state index contributed by atoms with van der Waals surface area (Å²) in [7, 11) is 0. The number of aliphatic imine (C=N–C) groups is 1. The molecule has 0 aliphatic heterocycles. The molecule has 13 N–H and O–H groups in total. The molecule has 0 aromatic rings. The normalized spacial score (nSPS) is 14.0. The second kappa shape index (κ2) is 17.3. The van der Waals surface area contributed by atoms with Crippen LogP contribution in [0.4, 0.5) is 0 Å². The van der Waals surface area contributed by atoms with Crippen molar-refractivity contribution in [3.05, 3.63) is 0 Å². The second-order valence-electron chi connectivity index (χ2n) is 7.55. The van der Waals surface area contributed by atoms with E-state index in [4.69, 9.17) is 28.0 Å². The summed E-state index contributed by atoms with van der Waals surface area (Å²) in [4.78, 5) is 64.2. The molecule has 0 aliphatic carbocycles. The summed E-state index contributed by atoms with van der Waals surface area (Å²) in [5, 5.41) is 25.7. The number of carboxylic acid groups (broad SMARTS) is 1. The number of rotatable bonds is 18. The Hall–Kier alpha value is -3.11. The van der Waals surface area contributed by atoms with Crippen LogP contribution in [0, 0.1) is 0 Å². The number of nitrogens with two attached hydrogens (primary N) is 4. The van der Waals surface area contributed by atoms with Crippen molar-refractivity contribution in [1.29, 1.82) is 0 Å². The fraction of sp³-hybridized carbons (Fsp3) is 0.684. The zero-order valence-corrected chi connectivity index (χ0v) is 20.4. The van der Waals surface area contributed by atoms with Gasteiger partial charge >= 0.3 is 5.97 Å². The highest BCUT2D eigenvalue weighted by molar-refractivity contribution is 7.98. The minimum Gasteiger partial charge on any atom is -0.480 e. The van der Waals surface area contributed by atoms with Crippen LogP contribution in [0.2, 0.25) is 0 Å². The van der Waals surface area contributed by atoms with E-state index in [9.17, 15) is 29.1 Å². The van der Waals surface area contributed by atoms with Gasteiger partial charge in [-0.2, -0.15) is 11.8 Å². The molecule has 0 saturated carbocycles. The summed E-state index contributed by atoms with van der Waals surface area (Å²) in [5.74, 6) is -4.06. The molecule has 0 fully saturated rings. The fourth-order valence-electron chi connectivity index (χ4n) is 2.73. The molecule has 35 heavy (non-hydrogen) atoms. The summed E-state index contributed by atoms with van der Waals surface area (Å²) >= 11 is 1.40. The third-order valence-corrected chi connectivity index (χ3v) is 5.29. The summed E-state index contributed by atoms with van der Waals surface area (Å²) in [6.07, 6.45) is 1.84. The maximum absolute atomic E-state index is 12.9. The minimum atomic E-state index is -1.30. The fourth-order valence-corrected chi connectivity index (χ4v) is 3.20. The van der Waals surface area contributed by atoms with Crippen molar-refractivity contribution in [2.24, 2.45) is 27.9 Å². The number of guanidine groups is 1. The highest BCUT2D eigenvalue weighted by Crippen LogP contribution is 2.06. The molecule has 200 valence electrons. The molecule has 0 aromatic carbocycles. The highest BCUT2D eigenvalue weighted by atomic mass is 32.2. The van der Waals surface area contributed by atoms with Gasteiger partial charge in [0.1, 0.15) is 24.2 Å². The number of amides is 4. The molecule has 4 amide bonds. The predicted octanol–water partition coefficient (Wildman–Crippen LogP) is -4.08. The first-order valence-electron chi connectivity index (χ1n) is 10.8. The lowest BCUT2D eigenvalue weighted by molar-refractivity contribution is -0.142. The van der Waals surface area contributed by atoms with Crippen molar-refractivity contribution in [2.75, 3.05) is 25.2 Å². The van der Waals surface area contributed by atoms with Crippen LogP contribution in [0.3, 0.4) is 0 Å². The molecule has 0 heterocycles. The van der Waals surface area contributed by atoms with Gasteiger partial charge in [-0.3, -0.25) is 24.2 Å². The molecule has 16 heteroatoms. The Morgan fingerprint density at radius 3 is 1.91 bits per heavy atom. The van der Waals surface area contributed by atoms with Gasteiger partial charge in [-0.15, -0.1) is 0 Å². The minimum absolute atomic E-state index is 0.0391. The summed E-state index contributed by atoms with van der Waals surface area (Å²) in [6.45, 7) is -0.500. The van der Waals surface area contributed by atoms with Crippen LogP contribution in [-0.4, -0.2) is 95.1 Å². The quantitative estimate of drug-likeness (QED) is 0.0475. The van der Waals surface area contributed by atoms with Crippen LogP contribution in [0.1, 0.15) is 32.1 Å². The van der Waals surface area contributed by atoms with Gasteiger partial charge in [0.2, 0.25) is 23.6 Å². The lowest BCUT2D eigenvalue weighted by atomic mass is 10.1. The maximum Gasteiger partial charge on any atom is 0.326 e.